The maximum absolute atomic E-state index is 12.1. The summed E-state index contributed by atoms with van der Waals surface area (Å²) in [6.45, 7) is 2.65. The van der Waals surface area contributed by atoms with Crippen LogP contribution in [-0.2, 0) is 17.6 Å². The second-order valence-electron chi connectivity index (χ2n) is 6.36. The van der Waals surface area contributed by atoms with E-state index in [9.17, 15) is 4.79 Å². The largest absolute Gasteiger partial charge is 0.384 e. The molecule has 0 radical (unpaired) electrons. The van der Waals surface area contributed by atoms with Gasteiger partial charge < -0.3 is 11.1 Å². The second-order valence-corrected chi connectivity index (χ2v) is 6.36. The number of rotatable bonds is 7. The minimum atomic E-state index is 0.0497. The molecule has 0 spiro atoms. The molecule has 1 aromatic heterocycles. The Balaban J connectivity index is 1.47. The Bertz CT molecular complexity index is 871. The van der Waals surface area contributed by atoms with Gasteiger partial charge in [-0.05, 0) is 43.0 Å². The molecule has 26 heavy (non-hydrogen) atoms. The minimum Gasteiger partial charge on any atom is -0.384 e. The van der Waals surface area contributed by atoms with Crippen LogP contribution in [0.1, 0.15) is 23.2 Å². The number of nitrogen functional groups attached to an aromatic ring is 1. The van der Waals surface area contributed by atoms with Gasteiger partial charge in [-0.15, -0.1) is 0 Å². The van der Waals surface area contributed by atoms with E-state index in [4.69, 9.17) is 5.73 Å². The number of hydrogen-bond acceptors (Lipinski definition) is 3. The van der Waals surface area contributed by atoms with Crippen molar-refractivity contribution in [3.05, 3.63) is 77.5 Å². The first kappa shape index (κ1) is 17.7. The van der Waals surface area contributed by atoms with Crippen LogP contribution in [-0.4, -0.2) is 22.2 Å². The lowest BCUT2D eigenvalue weighted by molar-refractivity contribution is -0.120. The van der Waals surface area contributed by atoms with Crippen molar-refractivity contribution in [1.82, 2.24) is 15.1 Å². The van der Waals surface area contributed by atoms with Crippen LogP contribution < -0.4 is 11.1 Å². The van der Waals surface area contributed by atoms with Crippen LogP contribution in [0, 0.1) is 6.92 Å². The first-order valence-corrected chi connectivity index (χ1v) is 8.84. The summed E-state index contributed by atoms with van der Waals surface area (Å²) in [5.41, 5.74) is 10.1. The van der Waals surface area contributed by atoms with Crippen molar-refractivity contribution >= 4 is 11.7 Å². The Morgan fingerprint density at radius 2 is 1.85 bits per heavy atom. The average molecular weight is 348 g/mol. The number of aromatic nitrogens is 2. The number of nitrogens with two attached hydrogens (primary N) is 1. The fourth-order valence-corrected chi connectivity index (χ4v) is 2.89. The SMILES string of the molecule is Cc1ccccc1CC(=O)NCCCc1cc(N)n(-c2ccccc2)n1. The molecule has 0 unspecified atom stereocenters. The van der Waals surface area contributed by atoms with Crippen LogP contribution >= 0.6 is 0 Å². The van der Waals surface area contributed by atoms with Crippen LogP contribution in [0.4, 0.5) is 5.82 Å². The van der Waals surface area contributed by atoms with Crippen molar-refractivity contribution in [3.8, 4) is 5.69 Å². The number of carbonyl (C=O) groups is 1. The maximum Gasteiger partial charge on any atom is 0.224 e. The summed E-state index contributed by atoms with van der Waals surface area (Å²) in [6.07, 6.45) is 2.02. The molecular formula is C21H24N4O. The summed E-state index contributed by atoms with van der Waals surface area (Å²) in [7, 11) is 0. The third kappa shape index (κ3) is 4.51. The number of carbonyl (C=O) groups excluding carboxylic acids is 1. The van der Waals surface area contributed by atoms with Gasteiger partial charge in [-0.1, -0.05) is 42.5 Å². The predicted molar refractivity (Wildman–Crippen MR) is 104 cm³/mol. The molecule has 3 N–H and O–H groups in total. The van der Waals surface area contributed by atoms with E-state index in [1.54, 1.807) is 4.68 Å². The number of hydrogen-bond donors (Lipinski definition) is 2. The predicted octanol–water partition coefficient (Wildman–Crippen LogP) is 3.05. The second kappa shape index (κ2) is 8.34. The van der Waals surface area contributed by atoms with Crippen molar-refractivity contribution in [1.29, 1.82) is 0 Å². The van der Waals surface area contributed by atoms with Crippen LogP contribution in [0.3, 0.4) is 0 Å². The van der Waals surface area contributed by atoms with Gasteiger partial charge in [0.1, 0.15) is 5.82 Å². The quantitative estimate of drug-likeness (QED) is 0.645. The van der Waals surface area contributed by atoms with Crippen molar-refractivity contribution < 1.29 is 4.79 Å². The molecule has 5 heteroatoms. The molecule has 0 fully saturated rings. The Kier molecular flexibility index (Phi) is 5.69. The van der Waals surface area contributed by atoms with Crippen molar-refractivity contribution in [2.24, 2.45) is 0 Å². The Morgan fingerprint density at radius 3 is 2.62 bits per heavy atom. The molecule has 2 aromatic carbocycles. The highest BCUT2D eigenvalue weighted by Crippen LogP contribution is 2.15. The zero-order valence-corrected chi connectivity index (χ0v) is 15.0. The first-order valence-electron chi connectivity index (χ1n) is 8.84. The number of nitrogens with zero attached hydrogens (tertiary/aromatic N) is 2. The summed E-state index contributed by atoms with van der Waals surface area (Å²) in [6, 6.07) is 19.7. The van der Waals surface area contributed by atoms with Gasteiger partial charge in [-0.25, -0.2) is 4.68 Å². The van der Waals surface area contributed by atoms with E-state index in [2.05, 4.69) is 10.4 Å². The third-order valence-corrected chi connectivity index (χ3v) is 4.33. The monoisotopic (exact) mass is 348 g/mol. The van der Waals surface area contributed by atoms with Crippen molar-refractivity contribution in [3.63, 3.8) is 0 Å². The molecule has 5 nitrogen and oxygen atoms in total. The number of anilines is 1. The Hall–Kier alpha value is -3.08. The molecule has 0 atom stereocenters. The fraction of sp³-hybridized carbons (Fsp3) is 0.238. The first-order chi connectivity index (χ1) is 12.6. The van der Waals surface area contributed by atoms with E-state index in [1.807, 2.05) is 67.6 Å². The molecule has 0 aliphatic carbocycles. The lowest BCUT2D eigenvalue weighted by Crippen LogP contribution is -2.26. The molecule has 0 aliphatic rings. The van der Waals surface area contributed by atoms with Gasteiger partial charge in [0.05, 0.1) is 17.8 Å². The van der Waals surface area contributed by atoms with E-state index in [-0.39, 0.29) is 5.91 Å². The highest BCUT2D eigenvalue weighted by atomic mass is 16.1. The van der Waals surface area contributed by atoms with Crippen molar-refractivity contribution in [2.75, 3.05) is 12.3 Å². The van der Waals surface area contributed by atoms with Gasteiger partial charge in [0.25, 0.3) is 0 Å². The van der Waals surface area contributed by atoms with E-state index in [0.717, 1.165) is 35.3 Å². The lowest BCUT2D eigenvalue weighted by Gasteiger charge is -2.07. The van der Waals surface area contributed by atoms with Crippen LogP contribution in [0.25, 0.3) is 5.69 Å². The van der Waals surface area contributed by atoms with Crippen LogP contribution in [0.5, 0.6) is 0 Å². The number of para-hydroxylation sites is 1. The molecule has 0 saturated heterocycles. The van der Waals surface area contributed by atoms with Gasteiger partial charge in [-0.2, -0.15) is 5.10 Å². The van der Waals surface area contributed by atoms with Gasteiger partial charge >= 0.3 is 0 Å². The summed E-state index contributed by atoms with van der Waals surface area (Å²) in [4.78, 5) is 12.1. The normalized spacial score (nSPS) is 10.7. The Morgan fingerprint density at radius 1 is 1.12 bits per heavy atom. The zero-order valence-electron chi connectivity index (χ0n) is 15.0. The van der Waals surface area contributed by atoms with E-state index < -0.39 is 0 Å². The van der Waals surface area contributed by atoms with E-state index in [0.29, 0.717) is 18.8 Å². The summed E-state index contributed by atoms with van der Waals surface area (Å²) >= 11 is 0. The average Bonchev–Trinajstić information content (AvgIpc) is 3.02. The summed E-state index contributed by atoms with van der Waals surface area (Å²) < 4.78 is 1.74. The van der Waals surface area contributed by atoms with Gasteiger partial charge in [-0.3, -0.25) is 4.79 Å². The minimum absolute atomic E-state index is 0.0497. The molecule has 134 valence electrons. The fourth-order valence-electron chi connectivity index (χ4n) is 2.89. The number of amides is 1. The maximum atomic E-state index is 12.1. The van der Waals surface area contributed by atoms with Crippen LogP contribution in [0.15, 0.2) is 60.7 Å². The number of benzene rings is 2. The summed E-state index contributed by atoms with van der Waals surface area (Å²) in [5.74, 6) is 0.670. The van der Waals surface area contributed by atoms with E-state index in [1.165, 1.54) is 0 Å². The molecular weight excluding hydrogens is 324 g/mol. The smallest absolute Gasteiger partial charge is 0.224 e. The highest BCUT2D eigenvalue weighted by molar-refractivity contribution is 5.78. The molecule has 3 rings (SSSR count). The van der Waals surface area contributed by atoms with Gasteiger partial charge in [0.15, 0.2) is 0 Å². The molecule has 0 aliphatic heterocycles. The molecule has 1 amide bonds. The topological polar surface area (TPSA) is 72.9 Å². The Labute approximate surface area is 153 Å². The molecule has 3 aromatic rings. The molecule has 0 saturated carbocycles. The highest BCUT2D eigenvalue weighted by Gasteiger charge is 2.08. The standard InChI is InChI=1S/C21H24N4O/c1-16-8-5-6-9-17(16)14-21(26)23-13-7-10-18-15-20(22)25(24-18)19-11-3-2-4-12-19/h2-6,8-9,11-12,15H,7,10,13-14,22H2,1H3,(H,23,26). The summed E-state index contributed by atoms with van der Waals surface area (Å²) in [5, 5.41) is 7.53. The number of nitrogens with one attached hydrogen (secondary N) is 1. The van der Waals surface area contributed by atoms with Crippen molar-refractivity contribution in [2.45, 2.75) is 26.2 Å². The number of aryl methyl sites for hydroxylation is 2. The lowest BCUT2D eigenvalue weighted by atomic mass is 10.1. The van der Waals surface area contributed by atoms with Gasteiger partial charge in [0, 0.05) is 12.6 Å². The molecule has 0 bridgehead atoms. The third-order valence-electron chi connectivity index (χ3n) is 4.33. The van der Waals surface area contributed by atoms with Crippen LogP contribution in [0.2, 0.25) is 0 Å². The molecule has 1 heterocycles. The van der Waals surface area contributed by atoms with Gasteiger partial charge in [0.2, 0.25) is 5.91 Å². The zero-order chi connectivity index (χ0) is 18.4. The van der Waals surface area contributed by atoms with E-state index >= 15 is 0 Å².